The van der Waals surface area contributed by atoms with E-state index in [-0.39, 0.29) is 30.0 Å². The third kappa shape index (κ3) is 5.92. The lowest BCUT2D eigenvalue weighted by molar-refractivity contribution is 0.212. The number of aliphatic imine (C=N–C) groups is 1. The van der Waals surface area contributed by atoms with Crippen molar-refractivity contribution in [2.45, 2.75) is 32.4 Å². The second kappa shape index (κ2) is 11.5. The minimum absolute atomic E-state index is 0. The summed E-state index contributed by atoms with van der Waals surface area (Å²) in [5.74, 6) is 3.71. The molecule has 1 atom stereocenters. The molecule has 172 valence electrons. The topological polar surface area (TPSA) is 72.7 Å². The zero-order chi connectivity index (χ0) is 21.6. The van der Waals surface area contributed by atoms with Crippen LogP contribution in [0.5, 0.6) is 0 Å². The first-order valence-corrected chi connectivity index (χ1v) is 11.0. The van der Waals surface area contributed by atoms with Crippen LogP contribution in [0, 0.1) is 6.92 Å². The van der Waals surface area contributed by atoms with Crippen LogP contribution in [0.15, 0.2) is 58.1 Å². The van der Waals surface area contributed by atoms with E-state index in [0.29, 0.717) is 6.54 Å². The zero-order valence-corrected chi connectivity index (χ0v) is 21.4. The fourth-order valence-corrected chi connectivity index (χ4v) is 4.17. The van der Waals surface area contributed by atoms with Gasteiger partial charge in [-0.1, -0.05) is 30.3 Å². The van der Waals surface area contributed by atoms with Gasteiger partial charge in [-0.3, -0.25) is 9.89 Å². The molecular formula is C24H33IN6O. The number of hydrogen-bond acceptors (Lipinski definition) is 4. The number of rotatable bonds is 7. The van der Waals surface area contributed by atoms with E-state index in [9.17, 15) is 0 Å². The number of nitrogens with one attached hydrogen (secondary N) is 2. The summed E-state index contributed by atoms with van der Waals surface area (Å²) in [6, 6.07) is 14.6. The number of nitrogens with zero attached hydrogens (tertiary/aromatic N) is 4. The molecule has 3 aromatic rings. The Labute approximate surface area is 207 Å². The number of likely N-dealkylation sites (tertiary alicyclic amines) is 1. The fraction of sp³-hybridized carbons (Fsp3) is 0.417. The molecule has 0 aliphatic carbocycles. The first-order chi connectivity index (χ1) is 15.1. The van der Waals surface area contributed by atoms with Gasteiger partial charge in [0.25, 0.3) is 0 Å². The minimum Gasteiger partial charge on any atom is -0.465 e. The van der Waals surface area contributed by atoms with Gasteiger partial charge in [0.05, 0.1) is 24.5 Å². The summed E-state index contributed by atoms with van der Waals surface area (Å²) < 4.78 is 5.97. The first-order valence-electron chi connectivity index (χ1n) is 11.0. The van der Waals surface area contributed by atoms with Gasteiger partial charge in [-0.15, -0.1) is 24.0 Å². The molecule has 1 fully saturated rings. The number of aromatic amines is 1. The van der Waals surface area contributed by atoms with Crippen LogP contribution in [-0.4, -0.2) is 59.5 Å². The van der Waals surface area contributed by atoms with Gasteiger partial charge in [0.15, 0.2) is 5.96 Å². The van der Waals surface area contributed by atoms with Crippen molar-refractivity contribution < 1.29 is 4.42 Å². The molecule has 32 heavy (non-hydrogen) atoms. The number of halogens is 1. The molecule has 3 heterocycles. The van der Waals surface area contributed by atoms with Crippen molar-refractivity contribution in [3.05, 3.63) is 66.0 Å². The summed E-state index contributed by atoms with van der Waals surface area (Å²) in [6.45, 7) is 5.60. The van der Waals surface area contributed by atoms with E-state index in [2.05, 4.69) is 48.3 Å². The lowest BCUT2D eigenvalue weighted by Gasteiger charge is -2.28. The molecule has 4 rings (SSSR count). The number of hydrogen-bond donors (Lipinski definition) is 2. The Morgan fingerprint density at radius 2 is 1.97 bits per heavy atom. The van der Waals surface area contributed by atoms with E-state index in [0.717, 1.165) is 54.2 Å². The Morgan fingerprint density at radius 1 is 1.22 bits per heavy atom. The quantitative estimate of drug-likeness (QED) is 0.260. The van der Waals surface area contributed by atoms with E-state index in [1.807, 2.05) is 51.5 Å². The largest absolute Gasteiger partial charge is 0.465 e. The van der Waals surface area contributed by atoms with Gasteiger partial charge >= 0.3 is 0 Å². The summed E-state index contributed by atoms with van der Waals surface area (Å²) >= 11 is 0. The lowest BCUT2D eigenvalue weighted by atomic mass is 10.2. The Bertz CT molecular complexity index is 993. The summed E-state index contributed by atoms with van der Waals surface area (Å²) in [7, 11) is 3.85. The van der Waals surface area contributed by atoms with E-state index in [1.54, 1.807) is 0 Å². The van der Waals surface area contributed by atoms with E-state index < -0.39 is 0 Å². The summed E-state index contributed by atoms with van der Waals surface area (Å²) in [5, 5.41) is 3.55. The molecule has 0 radical (unpaired) electrons. The maximum atomic E-state index is 5.97. The van der Waals surface area contributed by atoms with Crippen molar-refractivity contribution in [1.29, 1.82) is 0 Å². The number of furan rings is 1. The molecule has 1 aliphatic heterocycles. The average molecular weight is 548 g/mol. The monoisotopic (exact) mass is 548 g/mol. The lowest BCUT2D eigenvalue weighted by Crippen LogP contribution is -2.43. The average Bonchev–Trinajstić information content (AvgIpc) is 3.55. The Morgan fingerprint density at radius 3 is 2.62 bits per heavy atom. The normalized spacial score (nSPS) is 15.4. The summed E-state index contributed by atoms with van der Waals surface area (Å²) in [5.41, 5.74) is 2.16. The fourth-order valence-electron chi connectivity index (χ4n) is 4.17. The second-order valence-electron chi connectivity index (χ2n) is 8.10. The molecule has 1 saturated heterocycles. The molecule has 0 spiro atoms. The molecule has 2 aromatic heterocycles. The Hall–Kier alpha value is -2.33. The first kappa shape index (κ1) is 24.3. The molecule has 7 nitrogen and oxygen atoms in total. The highest BCUT2D eigenvalue weighted by Crippen LogP contribution is 2.26. The minimum atomic E-state index is 0. The molecule has 1 aliphatic rings. The number of aromatic nitrogens is 2. The third-order valence-electron chi connectivity index (χ3n) is 5.80. The summed E-state index contributed by atoms with van der Waals surface area (Å²) in [4.78, 5) is 17.0. The molecule has 0 bridgehead atoms. The van der Waals surface area contributed by atoms with Gasteiger partial charge in [-0.2, -0.15) is 0 Å². The summed E-state index contributed by atoms with van der Waals surface area (Å²) in [6.07, 6.45) is 4.37. The van der Waals surface area contributed by atoms with E-state index >= 15 is 0 Å². The SMILES string of the molecule is CN=C(NCC(c1ccc(C)o1)N1CCCC1)N(C)Cc1ncc(-c2ccccc2)[nH]1.I. The van der Waals surface area contributed by atoms with Gasteiger partial charge in [0.1, 0.15) is 17.3 Å². The van der Waals surface area contributed by atoms with Gasteiger partial charge in [-0.05, 0) is 50.6 Å². The van der Waals surface area contributed by atoms with Crippen LogP contribution in [0.3, 0.4) is 0 Å². The molecular weight excluding hydrogens is 515 g/mol. The third-order valence-corrected chi connectivity index (χ3v) is 5.80. The van der Waals surface area contributed by atoms with E-state index in [1.165, 1.54) is 12.8 Å². The maximum absolute atomic E-state index is 5.97. The van der Waals surface area contributed by atoms with Gasteiger partial charge in [0, 0.05) is 20.6 Å². The van der Waals surface area contributed by atoms with Crippen molar-refractivity contribution in [2.75, 3.05) is 33.7 Å². The molecule has 1 unspecified atom stereocenters. The van der Waals surface area contributed by atoms with Gasteiger partial charge in [-0.25, -0.2) is 4.98 Å². The standard InChI is InChI=1S/C24H32N6O.HI/c1-18-11-12-22(31-18)21(30-13-7-8-14-30)16-27-24(25-2)29(3)17-23-26-15-20(28-23)19-9-5-4-6-10-19;/h4-6,9-12,15,21H,7-8,13-14,16-17H2,1-3H3,(H,25,27)(H,26,28);1H. The van der Waals surface area contributed by atoms with Crippen molar-refractivity contribution in [3.8, 4) is 11.3 Å². The molecule has 8 heteroatoms. The second-order valence-corrected chi connectivity index (χ2v) is 8.10. The Balaban J connectivity index is 0.00000289. The van der Waals surface area contributed by atoms with Gasteiger partial charge in [0.2, 0.25) is 0 Å². The molecule has 2 N–H and O–H groups in total. The molecule has 0 saturated carbocycles. The predicted molar refractivity (Wildman–Crippen MR) is 139 cm³/mol. The molecule has 0 amide bonds. The maximum Gasteiger partial charge on any atom is 0.193 e. The van der Waals surface area contributed by atoms with Crippen molar-refractivity contribution in [2.24, 2.45) is 4.99 Å². The van der Waals surface area contributed by atoms with Crippen LogP contribution in [-0.2, 0) is 6.54 Å². The van der Waals surface area contributed by atoms with Crippen LogP contribution >= 0.6 is 24.0 Å². The number of H-pyrrole nitrogens is 1. The van der Waals surface area contributed by atoms with Crippen LogP contribution in [0.2, 0.25) is 0 Å². The number of benzene rings is 1. The van der Waals surface area contributed by atoms with Gasteiger partial charge < -0.3 is 19.6 Å². The Kier molecular flexibility index (Phi) is 8.75. The number of guanidine groups is 1. The predicted octanol–water partition coefficient (Wildman–Crippen LogP) is 4.44. The van der Waals surface area contributed by atoms with Crippen LogP contribution < -0.4 is 5.32 Å². The van der Waals surface area contributed by atoms with Crippen LogP contribution in [0.1, 0.15) is 36.2 Å². The molecule has 1 aromatic carbocycles. The highest BCUT2D eigenvalue weighted by molar-refractivity contribution is 14.0. The zero-order valence-electron chi connectivity index (χ0n) is 19.0. The number of aryl methyl sites for hydroxylation is 1. The smallest absolute Gasteiger partial charge is 0.193 e. The van der Waals surface area contributed by atoms with E-state index in [4.69, 9.17) is 4.42 Å². The van der Waals surface area contributed by atoms with Crippen molar-refractivity contribution in [1.82, 2.24) is 25.1 Å². The highest BCUT2D eigenvalue weighted by Gasteiger charge is 2.26. The highest BCUT2D eigenvalue weighted by atomic mass is 127. The van der Waals surface area contributed by atoms with Crippen LogP contribution in [0.4, 0.5) is 0 Å². The number of imidazole rings is 1. The van der Waals surface area contributed by atoms with Crippen molar-refractivity contribution in [3.63, 3.8) is 0 Å². The van der Waals surface area contributed by atoms with Crippen LogP contribution in [0.25, 0.3) is 11.3 Å². The van der Waals surface area contributed by atoms with Crippen molar-refractivity contribution >= 4 is 29.9 Å².